The van der Waals surface area contributed by atoms with Crippen LogP contribution < -0.4 is 5.11 Å². The van der Waals surface area contributed by atoms with Crippen LogP contribution in [0.1, 0.15) is 0 Å². The lowest BCUT2D eigenvalue weighted by Gasteiger charge is -2.30. The average Bonchev–Trinajstić information content (AvgIpc) is 1.85. The molecule has 0 atom stereocenters. The highest BCUT2D eigenvalue weighted by Crippen LogP contribution is 1.99. The summed E-state index contributed by atoms with van der Waals surface area (Å²) in [5, 5.41) is 17.8. The molecular formula is C6H13N3O2. The van der Waals surface area contributed by atoms with E-state index in [1.165, 1.54) is 19.0 Å². The van der Waals surface area contributed by atoms with Crippen molar-refractivity contribution in [3.8, 4) is 0 Å². The molecule has 0 fully saturated rings. The van der Waals surface area contributed by atoms with Gasteiger partial charge in [-0.25, -0.2) is 9.89 Å². The first kappa shape index (κ1) is 9.90. The molecule has 0 rings (SSSR count). The number of carboxylic acid groups (broad SMARTS) is 1. The van der Waals surface area contributed by atoms with Crippen LogP contribution in [0.25, 0.3) is 0 Å². The molecule has 0 aliphatic carbocycles. The zero-order valence-corrected chi connectivity index (χ0v) is 7.21. The smallest absolute Gasteiger partial charge is 0.302 e. The number of nitrogens with zero attached hydrogens (tertiary/aromatic N) is 2. The third kappa shape index (κ3) is 1.91. The van der Waals surface area contributed by atoms with Gasteiger partial charge >= 0.3 is 5.96 Å². The van der Waals surface area contributed by atoms with Gasteiger partial charge in [-0.3, -0.25) is 0 Å². The molecule has 0 heterocycles. The van der Waals surface area contributed by atoms with Crippen molar-refractivity contribution in [1.82, 2.24) is 4.90 Å². The standard InChI is InChI=1S/C6H13N3O2/c1-8(2)5(7)9(3,4)6(10)11/h7H,1-4H3. The van der Waals surface area contributed by atoms with Gasteiger partial charge in [0.25, 0.3) is 6.09 Å². The van der Waals surface area contributed by atoms with Gasteiger partial charge in [-0.1, -0.05) is 0 Å². The Balaban J connectivity index is 4.56. The molecule has 0 aromatic heterocycles. The first-order chi connectivity index (χ1) is 4.80. The monoisotopic (exact) mass is 159 g/mol. The second kappa shape index (κ2) is 2.87. The molecule has 0 aliphatic rings. The van der Waals surface area contributed by atoms with Gasteiger partial charge in [0.2, 0.25) is 0 Å². The average molecular weight is 159 g/mol. The fraction of sp³-hybridized carbons (Fsp3) is 0.667. The Morgan fingerprint density at radius 1 is 1.45 bits per heavy atom. The molecule has 0 saturated carbocycles. The van der Waals surface area contributed by atoms with Crippen molar-refractivity contribution in [2.75, 3.05) is 28.2 Å². The van der Waals surface area contributed by atoms with Crippen LogP contribution in [0, 0.1) is 5.41 Å². The number of quaternary nitrogens is 1. The summed E-state index contributed by atoms with van der Waals surface area (Å²) in [7, 11) is 6.01. The number of nitrogens with one attached hydrogen (secondary N) is 1. The Kier molecular flexibility index (Phi) is 2.59. The van der Waals surface area contributed by atoms with Crippen molar-refractivity contribution in [1.29, 1.82) is 5.41 Å². The lowest BCUT2D eigenvalue weighted by atomic mass is 10.6. The lowest BCUT2D eigenvalue weighted by molar-refractivity contribution is -0.756. The fourth-order valence-corrected chi connectivity index (χ4v) is 0.586. The normalized spacial score (nSPS) is 10.9. The summed E-state index contributed by atoms with van der Waals surface area (Å²) in [6.45, 7) is 0. The predicted molar refractivity (Wildman–Crippen MR) is 38.9 cm³/mol. The SMILES string of the molecule is CN(C)C(=N)[N+](C)(C)C(=O)[O-]. The minimum Gasteiger partial charge on any atom is -0.498 e. The van der Waals surface area contributed by atoms with Crippen molar-refractivity contribution < 1.29 is 14.4 Å². The van der Waals surface area contributed by atoms with Gasteiger partial charge < -0.3 is 14.8 Å². The Hall–Kier alpha value is -1.10. The molecule has 0 saturated heterocycles. The van der Waals surface area contributed by atoms with Crippen LogP contribution in [-0.4, -0.2) is 49.6 Å². The van der Waals surface area contributed by atoms with Gasteiger partial charge in [0.05, 0.1) is 14.1 Å². The maximum absolute atomic E-state index is 10.5. The molecule has 0 unspecified atom stereocenters. The van der Waals surface area contributed by atoms with Crippen LogP contribution in [0.2, 0.25) is 0 Å². The lowest BCUT2D eigenvalue weighted by Crippen LogP contribution is -2.60. The molecular weight excluding hydrogens is 146 g/mol. The van der Waals surface area contributed by atoms with Gasteiger partial charge in [-0.2, -0.15) is 0 Å². The number of hydrogen-bond acceptors (Lipinski definition) is 3. The zero-order chi connectivity index (χ0) is 9.23. The van der Waals surface area contributed by atoms with E-state index < -0.39 is 10.6 Å². The highest BCUT2D eigenvalue weighted by atomic mass is 16.4. The molecule has 11 heavy (non-hydrogen) atoms. The van der Waals surface area contributed by atoms with Gasteiger partial charge in [0.15, 0.2) is 0 Å². The Bertz CT molecular complexity index is 186. The van der Waals surface area contributed by atoms with E-state index >= 15 is 0 Å². The van der Waals surface area contributed by atoms with Crippen LogP contribution in [-0.2, 0) is 0 Å². The molecule has 0 aromatic carbocycles. The summed E-state index contributed by atoms with van der Waals surface area (Å²) in [6.07, 6.45) is -1.29. The Morgan fingerprint density at radius 3 is 1.91 bits per heavy atom. The number of carbonyl (C=O) groups is 1. The van der Waals surface area contributed by atoms with Crippen molar-refractivity contribution in [3.63, 3.8) is 0 Å². The Labute approximate surface area is 65.9 Å². The summed E-state index contributed by atoms with van der Waals surface area (Å²) in [5.41, 5.74) is 0. The third-order valence-corrected chi connectivity index (χ3v) is 1.41. The predicted octanol–water partition coefficient (Wildman–Crippen LogP) is -1.10. The first-order valence-corrected chi connectivity index (χ1v) is 3.12. The largest absolute Gasteiger partial charge is 0.498 e. The highest BCUT2D eigenvalue weighted by molar-refractivity contribution is 5.78. The van der Waals surface area contributed by atoms with E-state index in [1.807, 2.05) is 0 Å². The van der Waals surface area contributed by atoms with Crippen LogP contribution in [0.3, 0.4) is 0 Å². The number of guanidine groups is 1. The summed E-state index contributed by atoms with van der Waals surface area (Å²) < 4.78 is -0.562. The van der Waals surface area contributed by atoms with Gasteiger partial charge in [-0.05, 0) is 0 Å². The van der Waals surface area contributed by atoms with Gasteiger partial charge in [0.1, 0.15) is 0 Å². The van der Waals surface area contributed by atoms with Gasteiger partial charge in [-0.15, -0.1) is 0 Å². The first-order valence-electron chi connectivity index (χ1n) is 3.12. The Morgan fingerprint density at radius 2 is 1.82 bits per heavy atom. The molecule has 0 bridgehead atoms. The maximum Gasteiger partial charge on any atom is 0.302 e. The third-order valence-electron chi connectivity index (χ3n) is 1.41. The second-order valence-electron chi connectivity index (χ2n) is 2.94. The van der Waals surface area contributed by atoms with E-state index in [-0.39, 0.29) is 5.96 Å². The minimum atomic E-state index is -1.29. The summed E-state index contributed by atoms with van der Waals surface area (Å²) >= 11 is 0. The summed E-state index contributed by atoms with van der Waals surface area (Å²) in [5.74, 6) is -0.0231. The van der Waals surface area contributed by atoms with E-state index in [4.69, 9.17) is 5.41 Å². The second-order valence-corrected chi connectivity index (χ2v) is 2.94. The molecule has 5 heteroatoms. The number of carbonyl (C=O) groups excluding carboxylic acids is 1. The van der Waals surface area contributed by atoms with Gasteiger partial charge in [0, 0.05) is 14.1 Å². The van der Waals surface area contributed by atoms with E-state index in [2.05, 4.69) is 0 Å². The molecule has 1 amide bonds. The fourth-order valence-electron chi connectivity index (χ4n) is 0.586. The minimum absolute atomic E-state index is 0.0231. The van der Waals surface area contributed by atoms with E-state index in [9.17, 15) is 9.90 Å². The number of amides is 1. The molecule has 0 spiro atoms. The molecule has 0 aliphatic heterocycles. The highest BCUT2D eigenvalue weighted by Gasteiger charge is 2.26. The maximum atomic E-state index is 10.5. The molecule has 5 nitrogen and oxygen atoms in total. The van der Waals surface area contributed by atoms with Crippen LogP contribution in [0.4, 0.5) is 4.79 Å². The molecule has 0 radical (unpaired) electrons. The van der Waals surface area contributed by atoms with E-state index in [0.717, 1.165) is 0 Å². The number of hydrogen-bond donors (Lipinski definition) is 1. The van der Waals surface area contributed by atoms with E-state index in [0.29, 0.717) is 0 Å². The molecule has 64 valence electrons. The zero-order valence-electron chi connectivity index (χ0n) is 7.21. The van der Waals surface area contributed by atoms with Crippen molar-refractivity contribution in [2.24, 2.45) is 0 Å². The summed E-state index contributed by atoms with van der Waals surface area (Å²) in [6, 6.07) is 0. The topological polar surface area (TPSA) is 67.2 Å². The van der Waals surface area contributed by atoms with Crippen molar-refractivity contribution >= 4 is 12.1 Å². The quantitative estimate of drug-likeness (QED) is 0.277. The molecule has 0 aromatic rings. The van der Waals surface area contributed by atoms with Crippen molar-refractivity contribution in [3.05, 3.63) is 0 Å². The van der Waals surface area contributed by atoms with Crippen LogP contribution in [0.5, 0.6) is 0 Å². The van der Waals surface area contributed by atoms with Crippen LogP contribution >= 0.6 is 0 Å². The number of rotatable bonds is 0. The van der Waals surface area contributed by atoms with E-state index in [1.54, 1.807) is 14.1 Å². The summed E-state index contributed by atoms with van der Waals surface area (Å²) in [4.78, 5) is 11.9. The van der Waals surface area contributed by atoms with Crippen LogP contribution in [0.15, 0.2) is 0 Å². The molecule has 1 N–H and O–H groups in total. The van der Waals surface area contributed by atoms with Crippen molar-refractivity contribution in [2.45, 2.75) is 0 Å².